The highest BCUT2D eigenvalue weighted by Gasteiger charge is 2.40. The number of benzene rings is 2. The normalized spacial score (nSPS) is 16.4. The summed E-state index contributed by atoms with van der Waals surface area (Å²) in [5.74, 6) is -1.45. The molecule has 0 bridgehead atoms. The Balaban J connectivity index is 2.15. The van der Waals surface area contributed by atoms with Gasteiger partial charge in [0.1, 0.15) is 22.3 Å². The van der Waals surface area contributed by atoms with Gasteiger partial charge < -0.3 is 14.6 Å². The van der Waals surface area contributed by atoms with Gasteiger partial charge in [-0.15, -0.1) is 0 Å². The number of para-hydroxylation sites is 1. The Morgan fingerprint density at radius 1 is 1.16 bits per heavy atom. The van der Waals surface area contributed by atoms with Crippen LogP contribution in [0.1, 0.15) is 11.5 Å². The Morgan fingerprint density at radius 3 is 2.52 bits per heavy atom. The van der Waals surface area contributed by atoms with E-state index in [0.29, 0.717) is 17.0 Å². The fraction of sp³-hybridized carbons (Fsp3) is 0.235. The van der Waals surface area contributed by atoms with Gasteiger partial charge in [-0.1, -0.05) is 18.2 Å². The first kappa shape index (κ1) is 17.1. The molecule has 25 heavy (non-hydrogen) atoms. The Bertz CT molecular complexity index is 924. The van der Waals surface area contributed by atoms with Crippen LogP contribution in [0, 0.1) is 0 Å². The molecule has 1 aliphatic heterocycles. The predicted octanol–water partition coefficient (Wildman–Crippen LogP) is 2.08. The van der Waals surface area contributed by atoms with Crippen LogP contribution in [0.4, 0.5) is 5.69 Å². The second kappa shape index (κ2) is 6.29. The van der Waals surface area contributed by atoms with Gasteiger partial charge in [0.05, 0.1) is 26.5 Å². The number of aliphatic carboxylic acids is 1. The summed E-state index contributed by atoms with van der Waals surface area (Å²) in [4.78, 5) is 11.5. The van der Waals surface area contributed by atoms with Crippen molar-refractivity contribution >= 4 is 21.7 Å². The lowest BCUT2D eigenvalue weighted by Crippen LogP contribution is -2.31. The molecule has 1 atom stereocenters. The average molecular weight is 363 g/mol. The van der Waals surface area contributed by atoms with E-state index in [1.807, 2.05) is 0 Å². The summed E-state index contributed by atoms with van der Waals surface area (Å²) in [6.45, 7) is -0.169. The zero-order valence-electron chi connectivity index (χ0n) is 13.7. The second-order valence-corrected chi connectivity index (χ2v) is 7.33. The molecule has 3 rings (SSSR count). The third-order valence-electron chi connectivity index (χ3n) is 4.17. The highest BCUT2D eigenvalue weighted by atomic mass is 32.2. The van der Waals surface area contributed by atoms with Crippen LogP contribution in [0.3, 0.4) is 0 Å². The number of methoxy groups -OCH3 is 2. The first-order chi connectivity index (χ1) is 11.9. The molecule has 0 unspecified atom stereocenters. The largest absolute Gasteiger partial charge is 0.497 e. The number of ether oxygens (including phenoxy) is 2. The van der Waals surface area contributed by atoms with E-state index in [0.717, 1.165) is 4.31 Å². The Hall–Kier alpha value is -2.74. The van der Waals surface area contributed by atoms with Crippen molar-refractivity contribution in [1.29, 1.82) is 0 Å². The average Bonchev–Trinajstić information content (AvgIpc) is 3.02. The third-order valence-corrected chi connectivity index (χ3v) is 5.97. The molecule has 0 radical (unpaired) electrons. The number of hydrogen-bond donors (Lipinski definition) is 1. The zero-order valence-corrected chi connectivity index (χ0v) is 14.5. The van der Waals surface area contributed by atoms with Crippen LogP contribution in [0.2, 0.25) is 0 Å². The van der Waals surface area contributed by atoms with Gasteiger partial charge in [-0.2, -0.15) is 0 Å². The van der Waals surface area contributed by atoms with E-state index in [1.54, 1.807) is 30.3 Å². The van der Waals surface area contributed by atoms with Gasteiger partial charge in [0.15, 0.2) is 0 Å². The number of carboxylic acids is 1. The molecule has 8 heteroatoms. The quantitative estimate of drug-likeness (QED) is 0.874. The van der Waals surface area contributed by atoms with Crippen molar-refractivity contribution in [3.8, 4) is 11.5 Å². The molecule has 7 nitrogen and oxygen atoms in total. The number of anilines is 1. The first-order valence-electron chi connectivity index (χ1n) is 7.46. The minimum absolute atomic E-state index is 0.0739. The molecule has 0 aliphatic carbocycles. The molecular weight excluding hydrogens is 346 g/mol. The van der Waals surface area contributed by atoms with E-state index in [2.05, 4.69) is 0 Å². The van der Waals surface area contributed by atoms with E-state index in [1.165, 1.54) is 26.4 Å². The van der Waals surface area contributed by atoms with Crippen LogP contribution in [-0.2, 0) is 14.8 Å². The topological polar surface area (TPSA) is 93.1 Å². The van der Waals surface area contributed by atoms with Crippen molar-refractivity contribution in [1.82, 2.24) is 0 Å². The monoisotopic (exact) mass is 363 g/mol. The van der Waals surface area contributed by atoms with E-state index < -0.39 is 21.9 Å². The number of sulfonamides is 1. The zero-order chi connectivity index (χ0) is 18.2. The Kier molecular flexibility index (Phi) is 4.30. The summed E-state index contributed by atoms with van der Waals surface area (Å²) in [6, 6.07) is 11.1. The first-order valence-corrected chi connectivity index (χ1v) is 8.90. The van der Waals surface area contributed by atoms with Crippen molar-refractivity contribution in [3.63, 3.8) is 0 Å². The molecule has 132 valence electrons. The lowest BCUT2D eigenvalue weighted by Gasteiger charge is -2.21. The molecule has 0 fully saturated rings. The number of rotatable bonds is 5. The number of fused-ring (bicyclic) bond motifs is 1. The second-order valence-electron chi connectivity index (χ2n) is 5.50. The molecule has 0 aromatic heterocycles. The number of nitrogens with zero attached hydrogens (tertiary/aromatic N) is 1. The minimum atomic E-state index is -4.03. The van der Waals surface area contributed by atoms with Gasteiger partial charge in [0.2, 0.25) is 0 Å². The van der Waals surface area contributed by atoms with Gasteiger partial charge in [-0.05, 0) is 23.8 Å². The molecule has 2 aromatic carbocycles. The Labute approximate surface area is 145 Å². The number of carboxylic acid groups (broad SMARTS) is 1. The summed E-state index contributed by atoms with van der Waals surface area (Å²) in [5, 5.41) is 9.43. The molecule has 1 heterocycles. The van der Waals surface area contributed by atoms with Crippen molar-refractivity contribution in [3.05, 3.63) is 48.0 Å². The summed E-state index contributed by atoms with van der Waals surface area (Å²) in [5.41, 5.74) is 0.834. The smallest absolute Gasteiger partial charge is 0.312 e. The highest BCUT2D eigenvalue weighted by molar-refractivity contribution is 7.93. The fourth-order valence-corrected chi connectivity index (χ4v) is 4.59. The van der Waals surface area contributed by atoms with Crippen LogP contribution in [0.15, 0.2) is 47.4 Å². The molecule has 0 amide bonds. The predicted molar refractivity (Wildman–Crippen MR) is 90.9 cm³/mol. The Morgan fingerprint density at radius 2 is 1.88 bits per heavy atom. The van der Waals surface area contributed by atoms with Gasteiger partial charge >= 0.3 is 5.97 Å². The lowest BCUT2D eigenvalue weighted by atomic mass is 10.0. The molecule has 1 aliphatic rings. The molecule has 1 N–H and O–H groups in total. The van der Waals surface area contributed by atoms with E-state index in [4.69, 9.17) is 9.47 Å². The van der Waals surface area contributed by atoms with E-state index in [-0.39, 0.29) is 17.2 Å². The van der Waals surface area contributed by atoms with Crippen LogP contribution in [0.5, 0.6) is 11.5 Å². The maximum atomic E-state index is 13.2. The van der Waals surface area contributed by atoms with Gasteiger partial charge in [0, 0.05) is 6.07 Å². The number of carbonyl (C=O) groups is 1. The van der Waals surface area contributed by atoms with Crippen LogP contribution in [-0.4, -0.2) is 40.3 Å². The maximum absolute atomic E-state index is 13.2. The molecule has 2 aromatic rings. The highest BCUT2D eigenvalue weighted by Crippen LogP contribution is 2.41. The maximum Gasteiger partial charge on any atom is 0.312 e. The van der Waals surface area contributed by atoms with Crippen molar-refractivity contribution in [2.24, 2.45) is 0 Å². The molecular formula is C17H17NO6S. The van der Waals surface area contributed by atoms with Gasteiger partial charge in [-0.25, -0.2) is 8.42 Å². The number of hydrogen-bond acceptors (Lipinski definition) is 5. The fourth-order valence-electron chi connectivity index (χ4n) is 2.91. The molecule has 0 saturated heterocycles. The van der Waals surface area contributed by atoms with Crippen LogP contribution < -0.4 is 13.8 Å². The minimum Gasteiger partial charge on any atom is -0.497 e. The van der Waals surface area contributed by atoms with Gasteiger partial charge in [0.25, 0.3) is 10.0 Å². The summed E-state index contributed by atoms with van der Waals surface area (Å²) in [7, 11) is -1.22. The third kappa shape index (κ3) is 2.78. The molecule has 0 spiro atoms. The molecule has 0 saturated carbocycles. The standard InChI is InChI=1S/C17H17NO6S/c1-23-11-7-8-15(24-2)16(9-11)25(21,22)18-10-13(17(19)20)12-5-3-4-6-14(12)18/h3-9,13H,10H2,1-2H3,(H,19,20)/t13-/m0/s1. The van der Waals surface area contributed by atoms with Crippen molar-refractivity contribution in [2.75, 3.05) is 25.1 Å². The summed E-state index contributed by atoms with van der Waals surface area (Å²) in [6.07, 6.45) is 0. The van der Waals surface area contributed by atoms with Crippen LogP contribution >= 0.6 is 0 Å². The van der Waals surface area contributed by atoms with Crippen molar-refractivity contribution < 1.29 is 27.8 Å². The van der Waals surface area contributed by atoms with Crippen molar-refractivity contribution in [2.45, 2.75) is 10.8 Å². The SMILES string of the molecule is COc1ccc(OC)c(S(=O)(=O)N2C[C@H](C(=O)O)c3ccccc32)c1. The lowest BCUT2D eigenvalue weighted by molar-refractivity contribution is -0.138. The van der Waals surface area contributed by atoms with E-state index >= 15 is 0 Å². The van der Waals surface area contributed by atoms with Gasteiger partial charge in [-0.3, -0.25) is 9.10 Å². The summed E-state index contributed by atoms with van der Waals surface area (Å²) < 4.78 is 37.8. The summed E-state index contributed by atoms with van der Waals surface area (Å²) >= 11 is 0. The van der Waals surface area contributed by atoms with E-state index in [9.17, 15) is 18.3 Å². The van der Waals surface area contributed by atoms with Crippen LogP contribution in [0.25, 0.3) is 0 Å².